The zero-order valence-electron chi connectivity index (χ0n) is 6.81. The topological polar surface area (TPSA) is 29.1 Å². The molecule has 59 valence electrons. The van der Waals surface area contributed by atoms with E-state index in [0.29, 0.717) is 12.3 Å². The maximum absolute atomic E-state index is 9.75. The van der Waals surface area contributed by atoms with Crippen molar-refractivity contribution in [2.24, 2.45) is 5.92 Å². The maximum atomic E-state index is 9.75. The van der Waals surface area contributed by atoms with Gasteiger partial charge in [-0.3, -0.25) is 4.79 Å². The van der Waals surface area contributed by atoms with E-state index in [-0.39, 0.29) is 0 Å². The van der Waals surface area contributed by atoms with Gasteiger partial charge in [0.15, 0.2) is 6.29 Å². The predicted molar refractivity (Wildman–Crippen MR) is 42.6 cm³/mol. The van der Waals surface area contributed by atoms with Crippen molar-refractivity contribution in [2.75, 3.05) is 13.1 Å². The lowest BCUT2D eigenvalue weighted by Gasteiger charge is -2.04. The standard InChI is InChI=1S/C8H16NO/c1-8(2)7-9-5-3-4-6-10/h8-9H,3-5,7H2,1-2H3. The fraction of sp³-hybridized carbons (Fsp3) is 0.875. The van der Waals surface area contributed by atoms with E-state index in [4.69, 9.17) is 0 Å². The molecule has 0 fully saturated rings. The van der Waals surface area contributed by atoms with Crippen LogP contribution in [0.15, 0.2) is 0 Å². The van der Waals surface area contributed by atoms with Gasteiger partial charge in [0.05, 0.1) is 0 Å². The summed E-state index contributed by atoms with van der Waals surface area (Å²) in [6, 6.07) is 0. The molecular weight excluding hydrogens is 126 g/mol. The van der Waals surface area contributed by atoms with Crippen LogP contribution in [0, 0.1) is 5.92 Å². The van der Waals surface area contributed by atoms with Crippen LogP contribution in [0.25, 0.3) is 0 Å². The fourth-order valence-electron chi connectivity index (χ4n) is 0.676. The summed E-state index contributed by atoms with van der Waals surface area (Å²) in [5.74, 6) is 0.695. The van der Waals surface area contributed by atoms with Crippen LogP contribution < -0.4 is 5.32 Å². The molecule has 1 radical (unpaired) electrons. The van der Waals surface area contributed by atoms with Crippen LogP contribution in [0.4, 0.5) is 0 Å². The van der Waals surface area contributed by atoms with Crippen LogP contribution >= 0.6 is 0 Å². The Morgan fingerprint density at radius 3 is 2.70 bits per heavy atom. The Morgan fingerprint density at radius 1 is 1.50 bits per heavy atom. The zero-order valence-corrected chi connectivity index (χ0v) is 6.81. The molecule has 2 heteroatoms. The highest BCUT2D eigenvalue weighted by Gasteiger charge is 1.91. The molecule has 0 aliphatic carbocycles. The smallest absolute Gasteiger partial charge is 0.198 e. The van der Waals surface area contributed by atoms with E-state index in [1.54, 1.807) is 0 Å². The van der Waals surface area contributed by atoms with Crippen LogP contribution in [0.1, 0.15) is 26.7 Å². The Balaban J connectivity index is 2.83. The molecule has 0 aliphatic rings. The van der Waals surface area contributed by atoms with Gasteiger partial charge >= 0.3 is 0 Å². The van der Waals surface area contributed by atoms with Gasteiger partial charge in [0.1, 0.15) is 0 Å². The average molecular weight is 142 g/mol. The fourth-order valence-corrected chi connectivity index (χ4v) is 0.676. The maximum Gasteiger partial charge on any atom is 0.198 e. The van der Waals surface area contributed by atoms with Crippen molar-refractivity contribution in [2.45, 2.75) is 26.7 Å². The largest absolute Gasteiger partial charge is 0.316 e. The van der Waals surface area contributed by atoms with Gasteiger partial charge in [-0.15, -0.1) is 0 Å². The molecule has 0 aliphatic heterocycles. The summed E-state index contributed by atoms with van der Waals surface area (Å²) < 4.78 is 0. The lowest BCUT2D eigenvalue weighted by molar-refractivity contribution is 0.529. The quantitative estimate of drug-likeness (QED) is 0.563. The second kappa shape index (κ2) is 6.75. The summed E-state index contributed by atoms with van der Waals surface area (Å²) >= 11 is 0. The minimum absolute atomic E-state index is 0.561. The van der Waals surface area contributed by atoms with Gasteiger partial charge in [-0.25, -0.2) is 0 Å². The summed E-state index contributed by atoms with van der Waals surface area (Å²) in [6.45, 7) is 6.31. The average Bonchev–Trinajstić information content (AvgIpc) is 1.87. The highest BCUT2D eigenvalue weighted by Crippen LogP contribution is 1.87. The molecule has 0 atom stereocenters. The van der Waals surface area contributed by atoms with Crippen molar-refractivity contribution in [3.63, 3.8) is 0 Å². The second-order valence-electron chi connectivity index (χ2n) is 2.85. The Hall–Kier alpha value is -0.370. The highest BCUT2D eigenvalue weighted by atomic mass is 16.1. The Bertz CT molecular complexity index is 81.3. The van der Waals surface area contributed by atoms with E-state index in [1.165, 1.54) is 0 Å². The first kappa shape index (κ1) is 9.63. The minimum Gasteiger partial charge on any atom is -0.316 e. The van der Waals surface area contributed by atoms with Crippen LogP contribution in [-0.4, -0.2) is 19.4 Å². The number of unbranched alkanes of at least 4 members (excludes halogenated alkanes) is 1. The van der Waals surface area contributed by atoms with E-state index >= 15 is 0 Å². The van der Waals surface area contributed by atoms with E-state index in [1.807, 2.05) is 6.29 Å². The van der Waals surface area contributed by atoms with Crippen molar-refractivity contribution < 1.29 is 4.79 Å². The molecule has 0 heterocycles. The molecule has 0 rings (SSSR count). The first-order chi connectivity index (χ1) is 4.77. The zero-order chi connectivity index (χ0) is 7.82. The number of rotatable bonds is 6. The molecule has 2 nitrogen and oxygen atoms in total. The molecular formula is C8H16NO. The monoisotopic (exact) mass is 142 g/mol. The Labute approximate surface area is 63.0 Å². The summed E-state index contributed by atoms with van der Waals surface area (Å²) in [7, 11) is 0. The predicted octanol–water partition coefficient (Wildman–Crippen LogP) is 1.12. The second-order valence-corrected chi connectivity index (χ2v) is 2.85. The van der Waals surface area contributed by atoms with Crippen LogP contribution in [-0.2, 0) is 4.79 Å². The summed E-state index contributed by atoms with van der Waals surface area (Å²) in [6.07, 6.45) is 3.34. The van der Waals surface area contributed by atoms with Crippen molar-refractivity contribution in [3.8, 4) is 0 Å². The van der Waals surface area contributed by atoms with E-state index in [0.717, 1.165) is 19.5 Å². The Morgan fingerprint density at radius 2 is 2.20 bits per heavy atom. The number of hydrogen-bond acceptors (Lipinski definition) is 2. The summed E-state index contributed by atoms with van der Waals surface area (Å²) in [5, 5.41) is 3.24. The van der Waals surface area contributed by atoms with Crippen LogP contribution in [0.3, 0.4) is 0 Å². The minimum atomic E-state index is 0.561. The number of hydrogen-bond donors (Lipinski definition) is 1. The molecule has 10 heavy (non-hydrogen) atoms. The van der Waals surface area contributed by atoms with Crippen molar-refractivity contribution >= 4 is 6.29 Å². The first-order valence-electron chi connectivity index (χ1n) is 3.83. The van der Waals surface area contributed by atoms with Gasteiger partial charge in [0.2, 0.25) is 0 Å². The van der Waals surface area contributed by atoms with Gasteiger partial charge in [-0.2, -0.15) is 0 Å². The SMILES string of the molecule is CC(C)CNCCC[C]=O. The molecule has 0 aromatic heterocycles. The van der Waals surface area contributed by atoms with Gasteiger partial charge < -0.3 is 5.32 Å². The molecule has 0 bridgehead atoms. The third-order valence-corrected chi connectivity index (χ3v) is 1.18. The van der Waals surface area contributed by atoms with Crippen molar-refractivity contribution in [1.82, 2.24) is 5.32 Å². The number of carbonyl (C=O) groups excluding carboxylic acids is 1. The van der Waals surface area contributed by atoms with Crippen LogP contribution in [0.2, 0.25) is 0 Å². The van der Waals surface area contributed by atoms with Gasteiger partial charge in [0, 0.05) is 6.42 Å². The third kappa shape index (κ3) is 7.63. The highest BCUT2D eigenvalue weighted by molar-refractivity contribution is 5.50. The first-order valence-corrected chi connectivity index (χ1v) is 3.83. The lowest BCUT2D eigenvalue weighted by atomic mass is 10.2. The van der Waals surface area contributed by atoms with Gasteiger partial charge in [-0.05, 0) is 25.4 Å². The summed E-state index contributed by atoms with van der Waals surface area (Å²) in [4.78, 5) is 9.75. The summed E-state index contributed by atoms with van der Waals surface area (Å²) in [5.41, 5.74) is 0. The third-order valence-electron chi connectivity index (χ3n) is 1.18. The van der Waals surface area contributed by atoms with Crippen LogP contribution in [0.5, 0.6) is 0 Å². The molecule has 0 saturated heterocycles. The normalized spacial score (nSPS) is 10.3. The Kier molecular flexibility index (Phi) is 6.50. The van der Waals surface area contributed by atoms with Gasteiger partial charge in [-0.1, -0.05) is 13.8 Å². The molecule has 0 amide bonds. The lowest BCUT2D eigenvalue weighted by Crippen LogP contribution is -2.20. The molecule has 0 aromatic rings. The van der Waals surface area contributed by atoms with E-state index in [9.17, 15) is 4.79 Å². The molecule has 0 spiro atoms. The van der Waals surface area contributed by atoms with E-state index in [2.05, 4.69) is 19.2 Å². The molecule has 0 aromatic carbocycles. The van der Waals surface area contributed by atoms with E-state index < -0.39 is 0 Å². The number of nitrogens with one attached hydrogen (secondary N) is 1. The molecule has 1 N–H and O–H groups in total. The molecule has 0 saturated carbocycles. The van der Waals surface area contributed by atoms with Gasteiger partial charge in [0.25, 0.3) is 0 Å². The molecule has 0 unspecified atom stereocenters. The van der Waals surface area contributed by atoms with Crippen molar-refractivity contribution in [1.29, 1.82) is 0 Å². The van der Waals surface area contributed by atoms with Crippen molar-refractivity contribution in [3.05, 3.63) is 0 Å².